The quantitative estimate of drug-likeness (QED) is 0.837. The maximum atomic E-state index is 12.1. The SMILES string of the molecule is O=C(COC(=O)c1ccc2c(c1)OCO2)Nc1ccc2c(c1)OCCO2. The van der Waals surface area contributed by atoms with Gasteiger partial charge in [-0.15, -0.1) is 0 Å². The Morgan fingerprint density at radius 3 is 2.46 bits per heavy atom. The molecule has 2 aromatic rings. The van der Waals surface area contributed by atoms with Crippen molar-refractivity contribution in [3.8, 4) is 23.0 Å². The van der Waals surface area contributed by atoms with Crippen molar-refractivity contribution < 1.29 is 33.3 Å². The third-order valence-corrected chi connectivity index (χ3v) is 3.77. The molecule has 1 N–H and O–H groups in total. The van der Waals surface area contributed by atoms with Crippen LogP contribution in [0.1, 0.15) is 10.4 Å². The van der Waals surface area contributed by atoms with E-state index < -0.39 is 18.5 Å². The molecule has 0 aromatic heterocycles. The summed E-state index contributed by atoms with van der Waals surface area (Å²) in [6, 6.07) is 9.74. The molecule has 0 radical (unpaired) electrons. The Hall–Kier alpha value is -3.42. The summed E-state index contributed by atoms with van der Waals surface area (Å²) in [4.78, 5) is 24.1. The number of carbonyl (C=O) groups excluding carboxylic acids is 2. The highest BCUT2D eigenvalue weighted by atomic mass is 16.7. The fraction of sp³-hybridized carbons (Fsp3) is 0.222. The fourth-order valence-electron chi connectivity index (χ4n) is 2.56. The van der Waals surface area contributed by atoms with Gasteiger partial charge in [-0.1, -0.05) is 0 Å². The zero-order valence-corrected chi connectivity index (χ0v) is 13.7. The van der Waals surface area contributed by atoms with Crippen LogP contribution in [0.3, 0.4) is 0 Å². The first-order valence-corrected chi connectivity index (χ1v) is 7.95. The van der Waals surface area contributed by atoms with E-state index >= 15 is 0 Å². The van der Waals surface area contributed by atoms with Crippen LogP contribution in [0.25, 0.3) is 0 Å². The summed E-state index contributed by atoms with van der Waals surface area (Å²) in [7, 11) is 0. The van der Waals surface area contributed by atoms with Crippen LogP contribution in [0.2, 0.25) is 0 Å². The van der Waals surface area contributed by atoms with Gasteiger partial charge in [0, 0.05) is 11.8 Å². The first kappa shape index (κ1) is 16.1. The van der Waals surface area contributed by atoms with Crippen molar-refractivity contribution in [3.63, 3.8) is 0 Å². The van der Waals surface area contributed by atoms with E-state index in [1.54, 1.807) is 30.3 Å². The number of hydrogen-bond donors (Lipinski definition) is 1. The lowest BCUT2D eigenvalue weighted by Gasteiger charge is -2.19. The summed E-state index contributed by atoms with van der Waals surface area (Å²) in [5.41, 5.74) is 0.805. The predicted octanol–water partition coefficient (Wildman–Crippen LogP) is 1.98. The second-order valence-corrected chi connectivity index (χ2v) is 5.55. The molecule has 2 heterocycles. The lowest BCUT2D eigenvalue weighted by Crippen LogP contribution is -2.21. The lowest BCUT2D eigenvalue weighted by molar-refractivity contribution is -0.119. The normalized spacial score (nSPS) is 13.8. The first-order valence-electron chi connectivity index (χ1n) is 7.95. The summed E-state index contributed by atoms with van der Waals surface area (Å²) in [5.74, 6) is 1.14. The standard InChI is InChI=1S/C18H15NO7/c20-17(19-12-2-4-13-16(8-12)23-6-5-22-13)9-24-18(21)11-1-3-14-15(7-11)26-10-25-14/h1-4,7-8H,5-6,9-10H2,(H,19,20). The molecule has 8 heteroatoms. The molecular formula is C18H15NO7. The first-order chi connectivity index (χ1) is 12.7. The van der Waals surface area contributed by atoms with Crippen molar-refractivity contribution in [1.82, 2.24) is 0 Å². The van der Waals surface area contributed by atoms with Gasteiger partial charge in [-0.05, 0) is 30.3 Å². The second-order valence-electron chi connectivity index (χ2n) is 5.55. The van der Waals surface area contributed by atoms with Crippen molar-refractivity contribution in [2.24, 2.45) is 0 Å². The molecule has 1 amide bonds. The number of esters is 1. The van der Waals surface area contributed by atoms with E-state index in [-0.39, 0.29) is 12.4 Å². The highest BCUT2D eigenvalue weighted by molar-refractivity contribution is 5.96. The number of amides is 1. The predicted molar refractivity (Wildman–Crippen MR) is 88.9 cm³/mol. The van der Waals surface area contributed by atoms with Crippen molar-refractivity contribution in [2.45, 2.75) is 0 Å². The van der Waals surface area contributed by atoms with Crippen LogP contribution < -0.4 is 24.3 Å². The summed E-state index contributed by atoms with van der Waals surface area (Å²) in [5, 5.41) is 2.64. The van der Waals surface area contributed by atoms with E-state index in [1.807, 2.05) is 0 Å². The summed E-state index contributed by atoms with van der Waals surface area (Å²) in [6.07, 6.45) is 0. The minimum atomic E-state index is -0.624. The van der Waals surface area contributed by atoms with Gasteiger partial charge in [-0.25, -0.2) is 4.79 Å². The molecule has 2 aliphatic rings. The Balaban J connectivity index is 1.33. The van der Waals surface area contributed by atoms with Gasteiger partial charge in [-0.3, -0.25) is 4.79 Å². The number of hydrogen-bond acceptors (Lipinski definition) is 7. The van der Waals surface area contributed by atoms with Crippen molar-refractivity contribution in [3.05, 3.63) is 42.0 Å². The fourth-order valence-corrected chi connectivity index (χ4v) is 2.56. The van der Waals surface area contributed by atoms with Crippen LogP contribution in [0, 0.1) is 0 Å². The summed E-state index contributed by atoms with van der Waals surface area (Å²) < 4.78 is 26.3. The molecule has 0 atom stereocenters. The zero-order chi connectivity index (χ0) is 17.9. The van der Waals surface area contributed by atoms with Crippen LogP contribution >= 0.6 is 0 Å². The summed E-state index contributed by atoms with van der Waals surface area (Å²) >= 11 is 0. The highest BCUT2D eigenvalue weighted by Crippen LogP contribution is 2.33. The Morgan fingerprint density at radius 2 is 1.58 bits per heavy atom. The number of carbonyl (C=O) groups is 2. The molecule has 0 fully saturated rings. The maximum Gasteiger partial charge on any atom is 0.338 e. The van der Waals surface area contributed by atoms with Crippen molar-refractivity contribution in [1.29, 1.82) is 0 Å². The molecule has 2 aromatic carbocycles. The number of rotatable bonds is 4. The van der Waals surface area contributed by atoms with Gasteiger partial charge in [0.1, 0.15) is 13.2 Å². The average molecular weight is 357 g/mol. The number of fused-ring (bicyclic) bond motifs is 2. The molecule has 0 saturated carbocycles. The third kappa shape index (κ3) is 3.34. The van der Waals surface area contributed by atoms with Crippen LogP contribution in [0.15, 0.2) is 36.4 Å². The van der Waals surface area contributed by atoms with Gasteiger partial charge < -0.3 is 29.0 Å². The molecule has 26 heavy (non-hydrogen) atoms. The third-order valence-electron chi connectivity index (χ3n) is 3.77. The molecule has 2 aliphatic heterocycles. The van der Waals surface area contributed by atoms with Crippen molar-refractivity contribution >= 4 is 17.6 Å². The molecule has 0 saturated heterocycles. The summed E-state index contributed by atoms with van der Waals surface area (Å²) in [6.45, 7) is 0.652. The number of anilines is 1. The second kappa shape index (κ2) is 6.83. The monoisotopic (exact) mass is 357 g/mol. The van der Waals surface area contributed by atoms with Gasteiger partial charge in [0.25, 0.3) is 5.91 Å². The Kier molecular flexibility index (Phi) is 4.22. The van der Waals surface area contributed by atoms with Gasteiger partial charge in [-0.2, -0.15) is 0 Å². The number of ether oxygens (including phenoxy) is 5. The van der Waals surface area contributed by atoms with Crippen LogP contribution in [0.4, 0.5) is 5.69 Å². The largest absolute Gasteiger partial charge is 0.486 e. The Morgan fingerprint density at radius 1 is 0.885 bits per heavy atom. The zero-order valence-electron chi connectivity index (χ0n) is 13.7. The van der Waals surface area contributed by atoms with E-state index in [9.17, 15) is 9.59 Å². The molecule has 4 rings (SSSR count). The van der Waals surface area contributed by atoms with E-state index in [0.717, 1.165) is 0 Å². The van der Waals surface area contributed by atoms with Gasteiger partial charge in [0.05, 0.1) is 5.56 Å². The maximum absolute atomic E-state index is 12.1. The highest BCUT2D eigenvalue weighted by Gasteiger charge is 2.18. The minimum absolute atomic E-state index is 0.117. The van der Waals surface area contributed by atoms with Crippen LogP contribution in [-0.2, 0) is 9.53 Å². The Labute approximate surface area is 148 Å². The molecule has 0 bridgehead atoms. The van der Waals surface area contributed by atoms with Gasteiger partial charge in [0.15, 0.2) is 29.6 Å². The van der Waals surface area contributed by atoms with E-state index in [1.165, 1.54) is 6.07 Å². The van der Waals surface area contributed by atoms with Crippen LogP contribution in [-0.4, -0.2) is 38.5 Å². The number of nitrogens with one attached hydrogen (secondary N) is 1. The van der Waals surface area contributed by atoms with Gasteiger partial charge in [0.2, 0.25) is 6.79 Å². The topological polar surface area (TPSA) is 92.3 Å². The average Bonchev–Trinajstić information content (AvgIpc) is 3.14. The Bertz CT molecular complexity index is 865. The van der Waals surface area contributed by atoms with E-state index in [0.29, 0.717) is 41.9 Å². The molecule has 0 aliphatic carbocycles. The molecule has 8 nitrogen and oxygen atoms in total. The molecule has 134 valence electrons. The lowest BCUT2D eigenvalue weighted by atomic mass is 10.2. The van der Waals surface area contributed by atoms with E-state index in [2.05, 4.69) is 5.32 Å². The van der Waals surface area contributed by atoms with Crippen LogP contribution in [0.5, 0.6) is 23.0 Å². The molecular weight excluding hydrogens is 342 g/mol. The minimum Gasteiger partial charge on any atom is -0.486 e. The van der Waals surface area contributed by atoms with E-state index in [4.69, 9.17) is 23.7 Å². The smallest absolute Gasteiger partial charge is 0.338 e. The van der Waals surface area contributed by atoms with Crippen molar-refractivity contribution in [2.75, 3.05) is 31.9 Å². The molecule has 0 spiro atoms. The van der Waals surface area contributed by atoms with Gasteiger partial charge >= 0.3 is 5.97 Å². The number of benzene rings is 2. The molecule has 0 unspecified atom stereocenters.